The molecule has 70 heteroatoms. The van der Waals surface area contributed by atoms with E-state index in [2.05, 4.69) is 18.0 Å². The van der Waals surface area contributed by atoms with Gasteiger partial charge in [-0.3, -0.25) is 26.6 Å². The van der Waals surface area contributed by atoms with Gasteiger partial charge < -0.3 is 133 Å². The van der Waals surface area contributed by atoms with Gasteiger partial charge in [-0.1, -0.05) is 79.8 Å². The fraction of sp³-hybridized carbons (Fsp3) is 0.803. The van der Waals surface area contributed by atoms with Crippen molar-refractivity contribution in [1.29, 1.82) is 0 Å². The van der Waals surface area contributed by atoms with E-state index in [9.17, 15) is 41.3 Å². The molecule has 8 aliphatic heterocycles. The fourth-order valence-corrected chi connectivity index (χ4v) is 12.9. The van der Waals surface area contributed by atoms with Crippen molar-refractivity contribution in [1.82, 2.24) is 0 Å². The van der Waals surface area contributed by atoms with Gasteiger partial charge >= 0.3 is 320 Å². The van der Waals surface area contributed by atoms with Crippen molar-refractivity contribution in [3.8, 4) is 0 Å². The minimum absolute atomic E-state index is 0. The van der Waals surface area contributed by atoms with Crippen LogP contribution in [0.25, 0.3) is 0 Å². The van der Waals surface area contributed by atoms with E-state index in [4.69, 9.17) is 203 Å². The summed E-state index contributed by atoms with van der Waals surface area (Å²) in [7, 11) is -24.3. The molecule has 0 aliphatic carbocycles. The number of hydrogen-bond donors (Lipinski definition) is 7. The molecule has 0 aromatic rings. The summed E-state index contributed by atoms with van der Waals surface area (Å²) >= 11 is 0. The van der Waals surface area contributed by atoms with Crippen molar-refractivity contribution >= 4 is 87.0 Å². The van der Waals surface area contributed by atoms with Crippen molar-refractivity contribution in [3.63, 3.8) is 0 Å². The maximum Gasteiger partial charge on any atom is 1.00 e. The summed E-state index contributed by atoms with van der Waals surface area (Å²) < 4.78 is 327. The number of rotatable bonds is 26. The molecule has 0 aromatic heterocycles. The molecular weight excluding hydrogens is 2020 g/mol. The van der Waals surface area contributed by atoms with Crippen LogP contribution in [0.5, 0.6) is 0 Å². The molecule has 8 unspecified atom stereocenters. The predicted molar refractivity (Wildman–Crippen MR) is 366 cm³/mol. The molecular formula is C61H94Na10O54S6-4. The smallest absolute Gasteiger partial charge is 0.726 e. The summed E-state index contributed by atoms with van der Waals surface area (Å²) in [5, 5.41) is 30.9. The summed E-state index contributed by atoms with van der Waals surface area (Å²) in [5.74, 6) is -2.26. The van der Waals surface area contributed by atoms with Crippen LogP contribution >= 0.6 is 0 Å². The Labute approximate surface area is 980 Å². The van der Waals surface area contributed by atoms with Crippen LogP contribution in [0.1, 0.15) is 62.3 Å². The van der Waals surface area contributed by atoms with Crippen molar-refractivity contribution in [2.24, 2.45) is 47.3 Å². The molecule has 8 saturated heterocycles. The number of methoxy groups -OCH3 is 4. The molecule has 8 aliphatic rings. The fourth-order valence-electron chi connectivity index (χ4n) is 12.3. The van der Waals surface area contributed by atoms with Crippen LogP contribution in [0.15, 0.2) is 0 Å². The largest absolute Gasteiger partial charge is 1.00 e. The molecule has 712 valence electrons. The number of ether oxygens (including phenoxy) is 19. The van der Waals surface area contributed by atoms with E-state index < -0.39 is 248 Å². The van der Waals surface area contributed by atoms with Crippen molar-refractivity contribution in [3.05, 3.63) is 52.1 Å². The molecule has 0 aromatic carbocycles. The standard InChI is InChI=1S/C57H92O30S2.4CO2.10Na.4H2O4S/c1-26-27(2)51(40(18-58)77-34(26)9)84-48-15-37(68-11)42(21-72-48)79-55-31(6)28(3)52(41(19-59)78-55)85-49-16-38(69-12)43(22-73-49)80-57-33(8)30(5)54(46(83-57)25-76-89(64,65)66)87-50-17-39(70-13)44(23-74-50)81-56-32(7)29(4)53(45(82-56)24-75-88(61,62)63)86-47-14-36(67-10)35(60)20-71-47;4*2-1-3;;;;;;;;;;;4*1-5(2,3)4/h14-17,20-23,26-60H,18-19,24-25H2,1-13H3,(H,61,62,63)(H,64,65,66);;;;;;;;;;;;;;;4*(H2,1,2,3,4)/q-8;;;;;10*+1;;;;/p-6/t26?,27-,28-,29-,30-,31?,32?,33?,34-,35-,36+,37+,38+,39+,40?,41?,42+,43+,44+,45?,46?,47+,48+,49+,50+,51+,52+,53+,54+,55+,56-,57-;;;;;;;;;;;;;;;;;;/m1................../s1. The predicted octanol–water partition coefficient (Wildman–Crippen LogP) is -35.3. The molecule has 0 spiro atoms. The third-order valence-electron chi connectivity index (χ3n) is 18.5. The van der Waals surface area contributed by atoms with Crippen LogP contribution in [0.3, 0.4) is 0 Å². The van der Waals surface area contributed by atoms with Gasteiger partial charge in [0.15, 0.2) is 18.9 Å². The van der Waals surface area contributed by atoms with Gasteiger partial charge in [-0.2, -0.15) is 64.8 Å². The molecule has 0 radical (unpaired) electrons. The van der Waals surface area contributed by atoms with Gasteiger partial charge in [0.25, 0.3) is 0 Å². The molecule has 32 atom stereocenters. The minimum Gasteiger partial charge on any atom is -0.726 e. The molecule has 54 nitrogen and oxygen atoms in total. The van der Waals surface area contributed by atoms with Gasteiger partial charge in [0.2, 0.25) is 62.4 Å². The first-order chi connectivity index (χ1) is 55.8. The monoisotopic (exact) mass is 2110 g/mol. The Kier molecular flexibility index (Phi) is 98.4. The van der Waals surface area contributed by atoms with Crippen LogP contribution in [0.2, 0.25) is 0 Å². The molecule has 0 amide bonds. The van der Waals surface area contributed by atoms with Gasteiger partial charge in [-0.05, 0) is 60.9 Å². The van der Waals surface area contributed by atoms with Gasteiger partial charge in [0.1, 0.15) is 24.4 Å². The Morgan fingerprint density at radius 3 is 0.725 bits per heavy atom. The quantitative estimate of drug-likeness (QED) is 0.0183. The summed E-state index contributed by atoms with van der Waals surface area (Å²) in [6.07, 6.45) is -13.4. The summed E-state index contributed by atoms with van der Waals surface area (Å²) in [6, 6.07) is 0. The van der Waals surface area contributed by atoms with E-state index in [1.54, 1.807) is 26.7 Å². The Morgan fingerprint density at radius 2 is 0.504 bits per heavy atom. The topological polar surface area (TPSA) is 815 Å². The van der Waals surface area contributed by atoms with E-state index in [1.165, 1.54) is 61.1 Å². The van der Waals surface area contributed by atoms with Gasteiger partial charge in [0, 0.05) is 71.4 Å². The molecule has 131 heavy (non-hydrogen) atoms. The Morgan fingerprint density at radius 1 is 0.305 bits per heavy atom. The van der Waals surface area contributed by atoms with Crippen molar-refractivity contribution < 1.29 is 544 Å². The van der Waals surface area contributed by atoms with E-state index in [0.29, 0.717) is 0 Å². The van der Waals surface area contributed by atoms with Crippen molar-refractivity contribution in [2.45, 2.75) is 210 Å². The Balaban J connectivity index is -0.000000330. The van der Waals surface area contributed by atoms with Gasteiger partial charge in [0.05, 0.1) is 56.9 Å². The summed E-state index contributed by atoms with van der Waals surface area (Å²) in [4.78, 5) is 65.0. The van der Waals surface area contributed by atoms with Crippen molar-refractivity contribution in [2.75, 3.05) is 54.9 Å². The first kappa shape index (κ1) is 159. The zero-order chi connectivity index (χ0) is 93.6. The Bertz CT molecular complexity index is 3650. The number of aliphatic hydroxyl groups excluding tert-OH is 3. The van der Waals surface area contributed by atoms with E-state index in [0.717, 1.165) is 6.61 Å². The number of carbonyl (C=O) groups excluding carboxylic acids is 8. The molecule has 8 fully saturated rings. The second-order valence-electron chi connectivity index (χ2n) is 26.0. The third-order valence-corrected chi connectivity index (χ3v) is 19.4. The molecule has 8 heterocycles. The van der Waals surface area contributed by atoms with Crippen LogP contribution in [-0.4, -0.2) is 339 Å². The van der Waals surface area contributed by atoms with Crippen LogP contribution in [0, 0.1) is 99.5 Å². The summed E-state index contributed by atoms with van der Waals surface area (Å²) in [5.41, 5.74) is 0. The van der Waals surface area contributed by atoms with E-state index in [-0.39, 0.29) is 357 Å². The van der Waals surface area contributed by atoms with E-state index in [1.807, 2.05) is 34.6 Å². The van der Waals surface area contributed by atoms with Crippen LogP contribution < -0.4 is 296 Å². The maximum atomic E-state index is 11.9. The van der Waals surface area contributed by atoms with Gasteiger partial charge in [-0.25, -0.2) is 76.2 Å². The zero-order valence-electron chi connectivity index (χ0n) is 75.7. The maximum absolute atomic E-state index is 11.9. The molecule has 0 saturated carbocycles. The molecule has 7 N–H and O–H groups in total. The third kappa shape index (κ3) is 67.5. The number of aliphatic hydroxyl groups is 3. The van der Waals surface area contributed by atoms with E-state index >= 15 is 0 Å². The average molecular weight is 2110 g/mol. The van der Waals surface area contributed by atoms with Crippen LogP contribution in [-0.2, 0) is 199 Å². The second kappa shape index (κ2) is 80.8. The number of hydrogen-bond acceptors (Lipinski definition) is 50. The minimum atomic E-state index is -5.23. The second-order valence-corrected chi connectivity index (χ2v) is 31.5. The van der Waals surface area contributed by atoms with Gasteiger partial charge in [-0.15, -0.1) is 0 Å². The molecule has 8 rings (SSSR count). The molecule has 0 bridgehead atoms. The summed E-state index contributed by atoms with van der Waals surface area (Å²) in [6.45, 7) is 20.4. The zero-order valence-corrected chi connectivity index (χ0v) is 101. The Hall–Kier alpha value is 5.86. The average Bonchev–Trinajstić information content (AvgIpc) is 0.792. The SMILES string of the molecule is CO[C@H]1[CH-][C@H](O[C@@H]2C(COS(=O)(=O)[O-])O[C@@H](O[C@H]3[CH-]O[C@@H](O[C@@H]4C(COS(=O)(=O)[O-])O[C@@H](O[C@H]5[CH-]O[C@@H](O[C@@H]6C(CO)O[C@@H](O[C@H]7[CH-]O[C@@H](O[C@@H]8C(CO)O[C@H](C)C(C)[C@H]8C)[CH-][C@@H]7OC)C(C)[C@H]6C)[CH-][C@@H]5OC)C(C)[C@H]4C)[CH-][C@@H]3OC)C(C)[C@H]2C)O[CH-][C@H]1O.O=C=O.O=C=O.O=C=O.O=C=O.O=S(=O)([O-])O.O=S(=O)([O-])O.O=S(=O)([O-])O.O=S(=O)([O-])O.[Na+].[Na+].[Na+].[Na+].[Na+].[Na+].[Na+].[Na+].[Na+].[Na+]. The first-order valence-electron chi connectivity index (χ1n) is 34.3. The van der Waals surface area contributed by atoms with Crippen LogP contribution in [0.4, 0.5) is 0 Å². The first-order valence-corrected chi connectivity index (χ1v) is 42.4. The normalized spacial score (nSPS) is 34.1.